The number of carbonyl (C=O) groups excluding carboxylic acids is 1. The highest BCUT2D eigenvalue weighted by molar-refractivity contribution is 6.11. The molecule has 4 aromatic carbocycles. The molecule has 0 saturated heterocycles. The number of anilines is 1. The van der Waals surface area contributed by atoms with Crippen LogP contribution in [0.3, 0.4) is 0 Å². The predicted octanol–water partition coefficient (Wildman–Crippen LogP) is 7.35. The number of hydrogen-bond donors (Lipinski definition) is 1. The molecule has 2 heterocycles. The minimum absolute atomic E-state index is 0.0152. The zero-order valence-electron chi connectivity index (χ0n) is 21.5. The lowest BCUT2D eigenvalue weighted by atomic mass is 9.57. The zero-order valence-corrected chi connectivity index (χ0v) is 21.5. The smallest absolute Gasteiger partial charge is 0.241 e. The summed E-state index contributed by atoms with van der Waals surface area (Å²) in [5, 5.41) is 4.53. The van der Waals surface area contributed by atoms with E-state index in [4.69, 9.17) is 0 Å². The lowest BCUT2D eigenvalue weighted by Crippen LogP contribution is -2.47. The normalized spacial score (nSPS) is 22.2. The van der Waals surface area contributed by atoms with E-state index >= 15 is 0 Å². The van der Waals surface area contributed by atoms with Crippen molar-refractivity contribution in [1.82, 2.24) is 4.57 Å². The first kappa shape index (κ1) is 22.1. The topological polar surface area (TPSA) is 34.0 Å². The van der Waals surface area contributed by atoms with Crippen LogP contribution in [0.2, 0.25) is 0 Å². The van der Waals surface area contributed by atoms with Crippen LogP contribution in [0, 0.1) is 13.8 Å². The van der Waals surface area contributed by atoms with E-state index < -0.39 is 5.41 Å². The third kappa shape index (κ3) is 2.97. The SMILES string of the molecule is Cc1ccc([C@@H]2C[C@H](c3ccc(C)cc3)[C@]3(C(=O)Nc4ccccc43)c3c2c2ccccc2n3C)cc1. The fourth-order valence-corrected chi connectivity index (χ4v) is 7.09. The molecule has 2 aliphatic rings. The van der Waals surface area contributed by atoms with Gasteiger partial charge < -0.3 is 9.88 Å². The molecule has 0 radical (unpaired) electrons. The third-order valence-electron chi connectivity index (χ3n) is 8.78. The van der Waals surface area contributed by atoms with E-state index in [1.54, 1.807) is 0 Å². The number of rotatable bonds is 2. The second-order valence-electron chi connectivity index (χ2n) is 10.8. The van der Waals surface area contributed by atoms with Crippen molar-refractivity contribution in [3.8, 4) is 0 Å². The number of aryl methyl sites for hydroxylation is 3. The second kappa shape index (κ2) is 7.94. The van der Waals surface area contributed by atoms with Crippen molar-refractivity contribution >= 4 is 22.5 Å². The molecule has 1 N–H and O–H groups in total. The summed E-state index contributed by atoms with van der Waals surface area (Å²) in [6, 6.07) is 34.7. The van der Waals surface area contributed by atoms with E-state index in [9.17, 15) is 4.79 Å². The van der Waals surface area contributed by atoms with Gasteiger partial charge in [0.05, 0.1) is 0 Å². The number of nitrogens with zero attached hydrogens (tertiary/aromatic N) is 1. The maximum Gasteiger partial charge on any atom is 0.241 e. The van der Waals surface area contributed by atoms with Gasteiger partial charge in [0.15, 0.2) is 0 Å². The van der Waals surface area contributed by atoms with Crippen LogP contribution in [0.5, 0.6) is 0 Å². The monoisotopic (exact) mass is 482 g/mol. The minimum Gasteiger partial charge on any atom is -0.346 e. The number of hydrogen-bond acceptors (Lipinski definition) is 1. The van der Waals surface area contributed by atoms with Crippen LogP contribution in [0.15, 0.2) is 97.1 Å². The molecule has 1 amide bonds. The van der Waals surface area contributed by atoms with Crippen molar-refractivity contribution in [1.29, 1.82) is 0 Å². The van der Waals surface area contributed by atoms with Crippen LogP contribution in [-0.4, -0.2) is 10.5 Å². The number of amides is 1. The van der Waals surface area contributed by atoms with Gasteiger partial charge >= 0.3 is 0 Å². The Bertz CT molecular complexity index is 1680. The Morgan fingerprint density at radius 2 is 1.41 bits per heavy atom. The molecule has 1 aliphatic heterocycles. The summed E-state index contributed by atoms with van der Waals surface area (Å²) in [5.41, 5.74) is 9.79. The summed E-state index contributed by atoms with van der Waals surface area (Å²) in [7, 11) is 2.14. The fraction of sp³-hybridized carbons (Fsp3) is 0.206. The van der Waals surface area contributed by atoms with Gasteiger partial charge in [0.2, 0.25) is 5.91 Å². The number of para-hydroxylation sites is 2. The first-order valence-electron chi connectivity index (χ1n) is 13.1. The van der Waals surface area contributed by atoms with Gasteiger partial charge in [-0.15, -0.1) is 0 Å². The molecule has 0 saturated carbocycles. The van der Waals surface area contributed by atoms with Crippen LogP contribution in [0.4, 0.5) is 5.69 Å². The first-order chi connectivity index (χ1) is 18.0. The molecule has 0 fully saturated rings. The van der Waals surface area contributed by atoms with E-state index in [-0.39, 0.29) is 17.7 Å². The highest BCUT2D eigenvalue weighted by atomic mass is 16.2. The highest BCUT2D eigenvalue weighted by Crippen LogP contribution is 2.61. The Balaban J connectivity index is 1.62. The Morgan fingerprint density at radius 3 is 2.14 bits per heavy atom. The molecule has 1 spiro atoms. The molecule has 7 rings (SSSR count). The standard InChI is InChI=1S/C34H30N2O/c1-21-12-16-23(17-13-21)26-20-28(24-18-14-22(2)15-19-24)34(27-9-5-6-10-29(27)35-33(34)37)32-31(26)25-8-4-7-11-30(25)36(32)3/h4-19,26,28H,20H2,1-3H3,(H,35,37)/t26-,28+,34-/m0/s1. The summed E-state index contributed by atoms with van der Waals surface area (Å²) < 4.78 is 2.30. The molecular weight excluding hydrogens is 452 g/mol. The Hall–Kier alpha value is -4.11. The van der Waals surface area contributed by atoms with Gasteiger partial charge in [0, 0.05) is 41.2 Å². The maximum atomic E-state index is 14.4. The lowest BCUT2D eigenvalue weighted by molar-refractivity contribution is -0.120. The molecule has 0 bridgehead atoms. The van der Waals surface area contributed by atoms with Crippen molar-refractivity contribution in [3.63, 3.8) is 0 Å². The largest absolute Gasteiger partial charge is 0.346 e. The summed E-state index contributed by atoms with van der Waals surface area (Å²) in [6.45, 7) is 4.26. The van der Waals surface area contributed by atoms with Gasteiger partial charge in [-0.05, 0) is 54.7 Å². The number of aromatic nitrogens is 1. The van der Waals surface area contributed by atoms with E-state index in [1.165, 1.54) is 38.7 Å². The van der Waals surface area contributed by atoms with Gasteiger partial charge in [-0.3, -0.25) is 4.79 Å². The van der Waals surface area contributed by atoms with Gasteiger partial charge in [-0.2, -0.15) is 0 Å². The maximum absolute atomic E-state index is 14.4. The molecule has 1 aromatic heterocycles. The average Bonchev–Trinajstić information content (AvgIpc) is 3.38. The van der Waals surface area contributed by atoms with Gasteiger partial charge in [0.25, 0.3) is 0 Å². The van der Waals surface area contributed by atoms with Crippen LogP contribution >= 0.6 is 0 Å². The predicted molar refractivity (Wildman–Crippen MR) is 150 cm³/mol. The molecule has 0 unspecified atom stereocenters. The molecule has 182 valence electrons. The van der Waals surface area contributed by atoms with Crippen molar-refractivity contribution in [2.45, 2.75) is 37.5 Å². The van der Waals surface area contributed by atoms with E-state index in [1.807, 2.05) is 12.1 Å². The van der Waals surface area contributed by atoms with Crippen molar-refractivity contribution in [2.24, 2.45) is 7.05 Å². The molecular formula is C34H30N2O. The Kier molecular flexibility index (Phi) is 4.75. The zero-order chi connectivity index (χ0) is 25.3. The fourth-order valence-electron chi connectivity index (χ4n) is 7.09. The van der Waals surface area contributed by atoms with Gasteiger partial charge in [-0.25, -0.2) is 0 Å². The molecule has 5 aromatic rings. The molecule has 3 heteroatoms. The number of nitrogens with one attached hydrogen (secondary N) is 1. The lowest BCUT2D eigenvalue weighted by Gasteiger charge is -2.44. The summed E-state index contributed by atoms with van der Waals surface area (Å²) in [4.78, 5) is 14.4. The van der Waals surface area contributed by atoms with Crippen molar-refractivity contribution in [3.05, 3.63) is 136 Å². The number of carbonyl (C=O) groups is 1. The van der Waals surface area contributed by atoms with Crippen molar-refractivity contribution < 1.29 is 4.79 Å². The molecule has 3 atom stereocenters. The van der Waals surface area contributed by atoms with Crippen LogP contribution < -0.4 is 5.32 Å². The summed E-state index contributed by atoms with van der Waals surface area (Å²) >= 11 is 0. The second-order valence-corrected chi connectivity index (χ2v) is 10.8. The van der Waals surface area contributed by atoms with Crippen LogP contribution in [-0.2, 0) is 17.3 Å². The quantitative estimate of drug-likeness (QED) is 0.280. The van der Waals surface area contributed by atoms with E-state index in [2.05, 4.69) is 116 Å². The Morgan fingerprint density at radius 1 is 0.784 bits per heavy atom. The number of fused-ring (bicyclic) bond motifs is 6. The minimum atomic E-state index is -0.809. The highest BCUT2D eigenvalue weighted by Gasteiger charge is 2.60. The van der Waals surface area contributed by atoms with Crippen LogP contribution in [0.25, 0.3) is 10.9 Å². The molecule has 3 nitrogen and oxygen atoms in total. The third-order valence-corrected chi connectivity index (χ3v) is 8.78. The van der Waals surface area contributed by atoms with Gasteiger partial charge in [0.1, 0.15) is 5.41 Å². The molecule has 1 aliphatic carbocycles. The van der Waals surface area contributed by atoms with Gasteiger partial charge in [-0.1, -0.05) is 96.1 Å². The first-order valence-corrected chi connectivity index (χ1v) is 13.1. The number of benzene rings is 4. The van der Waals surface area contributed by atoms with E-state index in [0.29, 0.717) is 0 Å². The Labute approximate surface area is 217 Å². The summed E-state index contributed by atoms with van der Waals surface area (Å²) in [5.74, 6) is 0.242. The van der Waals surface area contributed by atoms with Crippen molar-refractivity contribution in [2.75, 3.05) is 5.32 Å². The average molecular weight is 483 g/mol. The van der Waals surface area contributed by atoms with Crippen LogP contribution in [0.1, 0.15) is 57.3 Å². The summed E-state index contributed by atoms with van der Waals surface area (Å²) in [6.07, 6.45) is 0.856. The van der Waals surface area contributed by atoms with E-state index in [0.717, 1.165) is 23.4 Å². The molecule has 37 heavy (non-hydrogen) atoms.